The Balaban J connectivity index is 0.000000487. The van der Waals surface area contributed by atoms with Crippen LogP contribution in [0.5, 0.6) is 0 Å². The number of hydrogen-bond donors (Lipinski definition) is 7. The van der Waals surface area contributed by atoms with Crippen molar-refractivity contribution in [1.82, 2.24) is 0 Å². The highest BCUT2D eigenvalue weighted by Crippen LogP contribution is 2.28. The molecule has 1 aliphatic heterocycles. The second kappa shape index (κ2) is 7.09. The molecule has 1 heterocycles. The number of ether oxygens (including phenoxy) is 1. The van der Waals surface area contributed by atoms with Gasteiger partial charge in [-0.2, -0.15) is 0 Å². The Kier molecular flexibility index (Phi) is 6.95. The van der Waals surface area contributed by atoms with Crippen molar-refractivity contribution >= 4 is 0 Å². The van der Waals surface area contributed by atoms with Crippen LogP contribution in [-0.2, 0) is 4.74 Å². The summed E-state index contributed by atoms with van der Waals surface area (Å²) in [5.41, 5.74) is 0. The standard InChI is InChI=1S/C6H12O6.C2H6O2/c7-1-3-4(9)5(10)6(11,2-8)12-3;3-1-2-4/h3-5,7-11H,1-2H2;3-4H,1-2H2/t3-,4-,5+,6-;/m1./s1. The number of hydrogen-bond acceptors (Lipinski definition) is 8. The van der Waals surface area contributed by atoms with Gasteiger partial charge in [0, 0.05) is 0 Å². The first-order valence-electron chi connectivity index (χ1n) is 4.66. The topological polar surface area (TPSA) is 151 Å². The Morgan fingerprint density at radius 1 is 1.00 bits per heavy atom. The molecule has 0 amide bonds. The minimum atomic E-state index is -2.16. The largest absolute Gasteiger partial charge is 0.394 e. The fourth-order valence-corrected chi connectivity index (χ4v) is 1.15. The molecule has 0 unspecified atom stereocenters. The van der Waals surface area contributed by atoms with Gasteiger partial charge in [-0.05, 0) is 0 Å². The summed E-state index contributed by atoms with van der Waals surface area (Å²) < 4.78 is 4.63. The maximum Gasteiger partial charge on any atom is 0.219 e. The zero-order chi connectivity index (χ0) is 12.8. The van der Waals surface area contributed by atoms with Gasteiger partial charge in [0.15, 0.2) is 0 Å². The number of rotatable bonds is 3. The van der Waals surface area contributed by atoms with Gasteiger partial charge in [0.1, 0.15) is 18.3 Å². The smallest absolute Gasteiger partial charge is 0.219 e. The van der Waals surface area contributed by atoms with Crippen LogP contribution in [0.25, 0.3) is 0 Å². The third kappa shape index (κ3) is 3.61. The van der Waals surface area contributed by atoms with Crippen LogP contribution < -0.4 is 0 Å². The molecule has 0 aromatic carbocycles. The van der Waals surface area contributed by atoms with Crippen molar-refractivity contribution in [2.24, 2.45) is 0 Å². The van der Waals surface area contributed by atoms with E-state index in [9.17, 15) is 5.11 Å². The maximum atomic E-state index is 9.25. The zero-order valence-electron chi connectivity index (χ0n) is 8.60. The molecule has 16 heavy (non-hydrogen) atoms. The van der Waals surface area contributed by atoms with E-state index in [2.05, 4.69) is 4.74 Å². The lowest BCUT2D eigenvalue weighted by atomic mass is 10.1. The van der Waals surface area contributed by atoms with Gasteiger partial charge in [-0.15, -0.1) is 0 Å². The van der Waals surface area contributed by atoms with Gasteiger partial charge in [-0.25, -0.2) is 0 Å². The molecule has 1 fully saturated rings. The van der Waals surface area contributed by atoms with Gasteiger partial charge in [0.2, 0.25) is 5.79 Å². The Bertz CT molecular complexity index is 187. The van der Waals surface area contributed by atoms with Crippen molar-refractivity contribution < 1.29 is 40.5 Å². The average Bonchev–Trinajstić information content (AvgIpc) is 2.54. The Morgan fingerprint density at radius 2 is 1.50 bits per heavy atom. The second-order valence-corrected chi connectivity index (χ2v) is 3.22. The normalized spacial score (nSPS) is 38.1. The highest BCUT2D eigenvalue weighted by atomic mass is 16.7. The van der Waals surface area contributed by atoms with Crippen LogP contribution in [0, 0.1) is 0 Å². The maximum absolute atomic E-state index is 9.25. The molecule has 98 valence electrons. The first kappa shape index (κ1) is 15.7. The summed E-state index contributed by atoms with van der Waals surface area (Å²) in [6.45, 7) is -1.61. The van der Waals surface area contributed by atoms with Crippen LogP contribution in [0.3, 0.4) is 0 Å². The molecule has 8 heteroatoms. The van der Waals surface area contributed by atoms with E-state index < -0.39 is 37.3 Å². The highest BCUT2D eigenvalue weighted by Gasteiger charge is 2.52. The lowest BCUT2D eigenvalue weighted by Gasteiger charge is -2.22. The molecule has 8 nitrogen and oxygen atoms in total. The van der Waals surface area contributed by atoms with Gasteiger partial charge in [0.05, 0.1) is 26.4 Å². The van der Waals surface area contributed by atoms with E-state index in [1.54, 1.807) is 0 Å². The van der Waals surface area contributed by atoms with Gasteiger partial charge in [-0.3, -0.25) is 0 Å². The minimum Gasteiger partial charge on any atom is -0.394 e. The van der Waals surface area contributed by atoms with Gasteiger partial charge in [0.25, 0.3) is 0 Å². The quantitative estimate of drug-likeness (QED) is 0.263. The lowest BCUT2D eigenvalue weighted by Crippen LogP contribution is -2.46. The summed E-state index contributed by atoms with van der Waals surface area (Å²) in [5.74, 6) is -2.16. The summed E-state index contributed by atoms with van der Waals surface area (Å²) in [5, 5.41) is 59.9. The molecule has 0 aliphatic carbocycles. The Hall–Kier alpha value is -0.320. The van der Waals surface area contributed by atoms with Gasteiger partial charge < -0.3 is 40.5 Å². The van der Waals surface area contributed by atoms with Crippen molar-refractivity contribution in [3.05, 3.63) is 0 Å². The molecule has 1 rings (SSSR count). The van der Waals surface area contributed by atoms with Crippen LogP contribution in [0.2, 0.25) is 0 Å². The molecule has 0 aromatic heterocycles. The molecule has 0 bridgehead atoms. The molecule has 0 aromatic rings. The Labute approximate surface area is 92.0 Å². The van der Waals surface area contributed by atoms with Crippen LogP contribution in [0.4, 0.5) is 0 Å². The van der Waals surface area contributed by atoms with Crippen LogP contribution in [0.1, 0.15) is 0 Å². The monoisotopic (exact) mass is 242 g/mol. The summed E-state index contributed by atoms with van der Waals surface area (Å²) in [6.07, 6.45) is -4.04. The summed E-state index contributed by atoms with van der Waals surface area (Å²) >= 11 is 0. The Morgan fingerprint density at radius 3 is 1.69 bits per heavy atom. The predicted molar refractivity (Wildman–Crippen MR) is 50.2 cm³/mol. The van der Waals surface area contributed by atoms with E-state index in [1.165, 1.54) is 0 Å². The SMILES string of the molecule is OCCO.OC[C@H]1O[C@](O)(CO)[C@@H](O)[C@@H]1O. The van der Waals surface area contributed by atoms with E-state index in [4.69, 9.17) is 30.6 Å². The molecule has 4 atom stereocenters. The second-order valence-electron chi connectivity index (χ2n) is 3.22. The van der Waals surface area contributed by atoms with Crippen LogP contribution >= 0.6 is 0 Å². The third-order valence-corrected chi connectivity index (χ3v) is 2.03. The highest BCUT2D eigenvalue weighted by molar-refractivity contribution is 4.94. The molecule has 1 saturated heterocycles. The van der Waals surface area contributed by atoms with Crippen LogP contribution in [0.15, 0.2) is 0 Å². The number of aliphatic hydroxyl groups excluding tert-OH is 6. The molecule has 0 radical (unpaired) electrons. The van der Waals surface area contributed by atoms with E-state index in [0.29, 0.717) is 0 Å². The summed E-state index contributed by atoms with van der Waals surface area (Å²) in [6, 6.07) is 0. The van der Waals surface area contributed by atoms with Crippen molar-refractivity contribution in [2.45, 2.75) is 24.1 Å². The molecular weight excluding hydrogens is 224 g/mol. The fraction of sp³-hybridized carbons (Fsp3) is 1.00. The summed E-state index contributed by atoms with van der Waals surface area (Å²) in [7, 11) is 0. The van der Waals surface area contributed by atoms with Gasteiger partial charge in [-0.1, -0.05) is 0 Å². The molecule has 0 saturated carbocycles. The lowest BCUT2D eigenvalue weighted by molar-refractivity contribution is -0.248. The zero-order valence-corrected chi connectivity index (χ0v) is 8.60. The van der Waals surface area contributed by atoms with Gasteiger partial charge >= 0.3 is 0 Å². The molecule has 1 aliphatic rings. The van der Waals surface area contributed by atoms with Crippen molar-refractivity contribution in [2.75, 3.05) is 26.4 Å². The fourth-order valence-electron chi connectivity index (χ4n) is 1.15. The molecule has 7 N–H and O–H groups in total. The minimum absolute atomic E-state index is 0.125. The number of aliphatic hydroxyl groups is 7. The van der Waals surface area contributed by atoms with E-state index in [-0.39, 0.29) is 13.2 Å². The summed E-state index contributed by atoms with van der Waals surface area (Å²) in [4.78, 5) is 0. The predicted octanol–water partition coefficient (Wildman–Crippen LogP) is -4.25. The van der Waals surface area contributed by atoms with Crippen molar-refractivity contribution in [3.63, 3.8) is 0 Å². The average molecular weight is 242 g/mol. The van der Waals surface area contributed by atoms with E-state index in [0.717, 1.165) is 0 Å². The van der Waals surface area contributed by atoms with Crippen molar-refractivity contribution in [3.8, 4) is 0 Å². The van der Waals surface area contributed by atoms with Crippen LogP contribution in [-0.4, -0.2) is 86.3 Å². The van der Waals surface area contributed by atoms with E-state index >= 15 is 0 Å². The molecule has 0 spiro atoms. The van der Waals surface area contributed by atoms with E-state index in [1.807, 2.05) is 0 Å². The first-order chi connectivity index (χ1) is 7.46. The molecular formula is C8H18O8. The van der Waals surface area contributed by atoms with Crippen molar-refractivity contribution in [1.29, 1.82) is 0 Å². The first-order valence-corrected chi connectivity index (χ1v) is 4.66. The third-order valence-electron chi connectivity index (χ3n) is 2.03.